The van der Waals surface area contributed by atoms with E-state index in [0.717, 1.165) is 29.5 Å². The molecular formula is C15H17NO3. The summed E-state index contributed by atoms with van der Waals surface area (Å²) >= 11 is 0. The minimum absolute atomic E-state index is 0.213. The Balaban J connectivity index is 1.82. The van der Waals surface area contributed by atoms with Gasteiger partial charge in [-0.05, 0) is 49.9 Å². The number of fused-ring (bicyclic) bond motifs is 1. The monoisotopic (exact) mass is 259 g/mol. The number of aromatic carboxylic acids is 1. The number of ether oxygens (including phenoxy) is 1. The smallest absolute Gasteiger partial charge is 0.352 e. The number of hydrogen-bond acceptors (Lipinski definition) is 2. The van der Waals surface area contributed by atoms with E-state index in [1.165, 1.54) is 19.3 Å². The van der Waals surface area contributed by atoms with Crippen molar-refractivity contribution in [3.8, 4) is 5.75 Å². The van der Waals surface area contributed by atoms with Gasteiger partial charge in [0, 0.05) is 10.9 Å². The van der Waals surface area contributed by atoms with Crippen molar-refractivity contribution in [1.82, 2.24) is 4.98 Å². The predicted octanol–water partition coefficient (Wildman–Crippen LogP) is 3.58. The summed E-state index contributed by atoms with van der Waals surface area (Å²) in [5.41, 5.74) is 1.04. The predicted molar refractivity (Wildman–Crippen MR) is 72.8 cm³/mol. The molecule has 0 saturated heterocycles. The van der Waals surface area contributed by atoms with Gasteiger partial charge in [0.15, 0.2) is 0 Å². The van der Waals surface area contributed by atoms with Gasteiger partial charge in [-0.3, -0.25) is 0 Å². The van der Waals surface area contributed by atoms with Crippen LogP contribution >= 0.6 is 0 Å². The normalized spacial score (nSPS) is 16.6. The number of nitrogens with one attached hydrogen (secondary N) is 1. The van der Waals surface area contributed by atoms with Gasteiger partial charge in [0.25, 0.3) is 0 Å². The van der Waals surface area contributed by atoms with Crippen LogP contribution in [0.15, 0.2) is 24.3 Å². The molecular weight excluding hydrogens is 242 g/mol. The first-order chi connectivity index (χ1) is 9.22. The van der Waals surface area contributed by atoms with Gasteiger partial charge < -0.3 is 14.8 Å². The average molecular weight is 259 g/mol. The molecule has 1 aromatic carbocycles. The number of H-pyrrole nitrogens is 1. The highest BCUT2D eigenvalue weighted by molar-refractivity contribution is 5.94. The molecule has 0 radical (unpaired) electrons. The summed E-state index contributed by atoms with van der Waals surface area (Å²) in [5, 5.41) is 9.83. The SMILES string of the molecule is O=C(O)c1cc2cc(OC3CCCCC3)ccc2[nH]1. The van der Waals surface area contributed by atoms with Crippen molar-refractivity contribution >= 4 is 16.9 Å². The van der Waals surface area contributed by atoms with E-state index >= 15 is 0 Å². The van der Waals surface area contributed by atoms with Crippen LogP contribution in [0.2, 0.25) is 0 Å². The maximum Gasteiger partial charge on any atom is 0.352 e. The van der Waals surface area contributed by atoms with Crippen LogP contribution in [0.5, 0.6) is 5.75 Å². The van der Waals surface area contributed by atoms with E-state index in [9.17, 15) is 4.79 Å². The van der Waals surface area contributed by atoms with Crippen LogP contribution in [0, 0.1) is 0 Å². The molecule has 0 spiro atoms. The highest BCUT2D eigenvalue weighted by Gasteiger charge is 2.15. The van der Waals surface area contributed by atoms with Gasteiger partial charge >= 0.3 is 5.97 Å². The van der Waals surface area contributed by atoms with Crippen molar-refractivity contribution in [1.29, 1.82) is 0 Å². The highest BCUT2D eigenvalue weighted by Crippen LogP contribution is 2.26. The Bertz CT molecular complexity index is 596. The average Bonchev–Trinajstić information content (AvgIpc) is 2.83. The maximum absolute atomic E-state index is 10.9. The molecule has 0 bridgehead atoms. The lowest BCUT2D eigenvalue weighted by atomic mass is 9.98. The van der Waals surface area contributed by atoms with Gasteiger partial charge in [-0.2, -0.15) is 0 Å². The summed E-state index contributed by atoms with van der Waals surface area (Å²) < 4.78 is 5.97. The Morgan fingerprint density at radius 2 is 2.00 bits per heavy atom. The van der Waals surface area contributed by atoms with E-state index in [-0.39, 0.29) is 5.69 Å². The van der Waals surface area contributed by atoms with E-state index in [1.54, 1.807) is 6.07 Å². The zero-order chi connectivity index (χ0) is 13.2. The van der Waals surface area contributed by atoms with Gasteiger partial charge in [0.2, 0.25) is 0 Å². The minimum atomic E-state index is -0.939. The van der Waals surface area contributed by atoms with Gasteiger partial charge in [-0.15, -0.1) is 0 Å². The van der Waals surface area contributed by atoms with E-state index in [4.69, 9.17) is 9.84 Å². The molecule has 4 nitrogen and oxygen atoms in total. The van der Waals surface area contributed by atoms with Crippen molar-refractivity contribution in [2.75, 3.05) is 0 Å². The van der Waals surface area contributed by atoms with Crippen LogP contribution < -0.4 is 4.74 Å². The summed E-state index contributed by atoms with van der Waals surface area (Å²) in [6.45, 7) is 0. The van der Waals surface area contributed by atoms with Gasteiger partial charge in [0.05, 0.1) is 6.10 Å². The second-order valence-electron chi connectivity index (χ2n) is 5.12. The van der Waals surface area contributed by atoms with E-state index < -0.39 is 5.97 Å². The van der Waals surface area contributed by atoms with Gasteiger partial charge in [-0.25, -0.2) is 4.79 Å². The van der Waals surface area contributed by atoms with E-state index in [2.05, 4.69) is 4.98 Å². The molecule has 1 saturated carbocycles. The number of aromatic nitrogens is 1. The topological polar surface area (TPSA) is 62.3 Å². The second kappa shape index (κ2) is 4.96. The van der Waals surface area contributed by atoms with Crippen molar-refractivity contribution in [3.05, 3.63) is 30.0 Å². The summed E-state index contributed by atoms with van der Waals surface area (Å²) in [7, 11) is 0. The number of rotatable bonds is 3. The standard InChI is InChI=1S/C15H17NO3/c17-15(18)14-9-10-8-12(6-7-13(10)16-14)19-11-4-2-1-3-5-11/h6-9,11,16H,1-5H2,(H,17,18). The summed E-state index contributed by atoms with van der Waals surface area (Å²) in [5.74, 6) is -0.110. The molecule has 100 valence electrons. The molecule has 1 aliphatic rings. The van der Waals surface area contributed by atoms with Crippen LogP contribution in [0.3, 0.4) is 0 Å². The molecule has 1 fully saturated rings. The number of aromatic amines is 1. The summed E-state index contributed by atoms with van der Waals surface area (Å²) in [4.78, 5) is 13.8. The van der Waals surface area contributed by atoms with Crippen LogP contribution in [-0.4, -0.2) is 22.2 Å². The number of benzene rings is 1. The molecule has 3 rings (SSSR count). The third kappa shape index (κ3) is 2.57. The first-order valence-electron chi connectivity index (χ1n) is 6.75. The largest absolute Gasteiger partial charge is 0.490 e. The summed E-state index contributed by atoms with van der Waals surface area (Å²) in [6.07, 6.45) is 6.32. The van der Waals surface area contributed by atoms with Crippen LogP contribution in [0.25, 0.3) is 10.9 Å². The number of carbonyl (C=O) groups is 1. The van der Waals surface area contributed by atoms with Crippen molar-refractivity contribution in [3.63, 3.8) is 0 Å². The number of carboxylic acid groups (broad SMARTS) is 1. The molecule has 0 unspecified atom stereocenters. The molecule has 1 heterocycles. The first kappa shape index (κ1) is 12.1. The molecule has 1 aromatic heterocycles. The Hall–Kier alpha value is -1.97. The zero-order valence-corrected chi connectivity index (χ0v) is 10.7. The molecule has 0 amide bonds. The van der Waals surface area contributed by atoms with Gasteiger partial charge in [0.1, 0.15) is 11.4 Å². The lowest BCUT2D eigenvalue weighted by molar-refractivity contribution is 0.0691. The fourth-order valence-electron chi connectivity index (χ4n) is 2.67. The van der Waals surface area contributed by atoms with Gasteiger partial charge in [-0.1, -0.05) is 6.42 Å². The molecule has 19 heavy (non-hydrogen) atoms. The fraction of sp³-hybridized carbons (Fsp3) is 0.400. The second-order valence-corrected chi connectivity index (χ2v) is 5.12. The lowest BCUT2D eigenvalue weighted by Gasteiger charge is -2.22. The molecule has 4 heteroatoms. The third-order valence-corrected chi connectivity index (χ3v) is 3.68. The maximum atomic E-state index is 10.9. The Morgan fingerprint density at radius 3 is 2.74 bits per heavy atom. The van der Waals surface area contributed by atoms with Crippen LogP contribution in [-0.2, 0) is 0 Å². The number of hydrogen-bond donors (Lipinski definition) is 2. The number of carboxylic acids is 1. The zero-order valence-electron chi connectivity index (χ0n) is 10.7. The Kier molecular flexibility index (Phi) is 3.15. The quantitative estimate of drug-likeness (QED) is 0.885. The molecule has 2 aromatic rings. The van der Waals surface area contributed by atoms with Crippen LogP contribution in [0.4, 0.5) is 0 Å². The Morgan fingerprint density at radius 1 is 1.21 bits per heavy atom. The fourth-order valence-corrected chi connectivity index (χ4v) is 2.67. The molecule has 0 aliphatic heterocycles. The molecule has 2 N–H and O–H groups in total. The van der Waals surface area contributed by atoms with Crippen LogP contribution in [0.1, 0.15) is 42.6 Å². The minimum Gasteiger partial charge on any atom is -0.490 e. The molecule has 0 atom stereocenters. The lowest BCUT2D eigenvalue weighted by Crippen LogP contribution is -2.19. The van der Waals surface area contributed by atoms with Crippen molar-refractivity contribution < 1.29 is 14.6 Å². The van der Waals surface area contributed by atoms with E-state index in [0.29, 0.717) is 6.10 Å². The van der Waals surface area contributed by atoms with E-state index in [1.807, 2.05) is 18.2 Å². The van der Waals surface area contributed by atoms with Crippen molar-refractivity contribution in [2.45, 2.75) is 38.2 Å². The first-order valence-corrected chi connectivity index (χ1v) is 6.75. The van der Waals surface area contributed by atoms with Crippen molar-refractivity contribution in [2.24, 2.45) is 0 Å². The third-order valence-electron chi connectivity index (χ3n) is 3.68. The Labute approximate surface area is 111 Å². The highest BCUT2D eigenvalue weighted by atomic mass is 16.5. The summed E-state index contributed by atoms with van der Waals surface area (Å²) in [6, 6.07) is 7.33. The molecule has 1 aliphatic carbocycles.